The van der Waals surface area contributed by atoms with Gasteiger partial charge in [-0.05, 0) is 24.5 Å². The van der Waals surface area contributed by atoms with E-state index in [1.807, 2.05) is 25.1 Å². The highest BCUT2D eigenvalue weighted by atomic mass is 16.5. The molecular weight excluding hydrogens is 166 g/mol. The van der Waals surface area contributed by atoms with Crippen molar-refractivity contribution < 1.29 is 10.0 Å². The highest BCUT2D eigenvalue weighted by Crippen LogP contribution is 2.29. The van der Waals surface area contributed by atoms with Crippen molar-refractivity contribution in [1.29, 1.82) is 0 Å². The molecule has 1 aromatic carbocycles. The van der Waals surface area contributed by atoms with Gasteiger partial charge in [-0.2, -0.15) is 5.06 Å². The normalized spacial score (nSPS) is 15.8. The van der Waals surface area contributed by atoms with Crippen LogP contribution in [-0.2, 0) is 11.2 Å². The zero-order valence-corrected chi connectivity index (χ0v) is 7.45. The Hall–Kier alpha value is -1.35. The van der Waals surface area contributed by atoms with Crippen molar-refractivity contribution in [3.05, 3.63) is 29.3 Å². The van der Waals surface area contributed by atoms with E-state index in [0.29, 0.717) is 12.1 Å². The van der Waals surface area contributed by atoms with Gasteiger partial charge in [0.05, 0.1) is 5.69 Å². The maximum absolute atomic E-state index is 11.2. The number of hydroxylamine groups is 1. The maximum atomic E-state index is 11.2. The second-order valence-corrected chi connectivity index (χ2v) is 3.29. The molecule has 1 amide bonds. The lowest BCUT2D eigenvalue weighted by molar-refractivity contribution is -0.124. The van der Waals surface area contributed by atoms with E-state index in [1.165, 1.54) is 0 Å². The summed E-state index contributed by atoms with van der Waals surface area (Å²) in [6, 6.07) is 5.77. The third kappa shape index (κ3) is 1.21. The number of hydrogen-bond acceptors (Lipinski definition) is 2. The molecule has 0 aromatic heterocycles. The topological polar surface area (TPSA) is 40.5 Å². The van der Waals surface area contributed by atoms with Gasteiger partial charge < -0.3 is 0 Å². The Kier molecular flexibility index (Phi) is 1.81. The van der Waals surface area contributed by atoms with E-state index in [1.54, 1.807) is 0 Å². The quantitative estimate of drug-likeness (QED) is 0.612. The average molecular weight is 177 g/mol. The number of fused-ring (bicyclic) bond motifs is 1. The minimum atomic E-state index is -0.221. The standard InChI is InChI=1S/C10H11NO2/c1-7-3-2-4-8-5-6-9(12)11(13)10(7)8/h2-4,13H,5-6H2,1H3. The number of rotatable bonds is 0. The monoisotopic (exact) mass is 177 g/mol. The van der Waals surface area contributed by atoms with E-state index in [9.17, 15) is 10.0 Å². The van der Waals surface area contributed by atoms with Crippen LogP contribution in [0.1, 0.15) is 17.5 Å². The molecule has 0 unspecified atom stereocenters. The molecule has 3 nitrogen and oxygen atoms in total. The van der Waals surface area contributed by atoms with Crippen LogP contribution in [0.2, 0.25) is 0 Å². The summed E-state index contributed by atoms with van der Waals surface area (Å²) in [7, 11) is 0. The first kappa shape index (κ1) is 8.26. The largest absolute Gasteiger partial charge is 0.281 e. The Morgan fingerprint density at radius 1 is 1.38 bits per heavy atom. The van der Waals surface area contributed by atoms with E-state index in [4.69, 9.17) is 0 Å². The molecule has 0 bridgehead atoms. The number of para-hydroxylation sites is 1. The van der Waals surface area contributed by atoms with Crippen molar-refractivity contribution >= 4 is 11.6 Å². The van der Waals surface area contributed by atoms with E-state index >= 15 is 0 Å². The molecule has 0 radical (unpaired) electrons. The first-order valence-electron chi connectivity index (χ1n) is 4.30. The Morgan fingerprint density at radius 2 is 2.15 bits per heavy atom. The molecule has 0 aliphatic carbocycles. The van der Waals surface area contributed by atoms with Gasteiger partial charge in [0.25, 0.3) is 5.91 Å². The highest BCUT2D eigenvalue weighted by molar-refractivity contribution is 5.94. The number of nitrogens with zero attached hydrogens (tertiary/aromatic N) is 1. The Balaban J connectivity index is 2.57. The SMILES string of the molecule is Cc1cccc2c1N(O)C(=O)CC2. The summed E-state index contributed by atoms with van der Waals surface area (Å²) in [6.07, 6.45) is 1.12. The molecule has 68 valence electrons. The lowest BCUT2D eigenvalue weighted by atomic mass is 9.99. The van der Waals surface area contributed by atoms with Crippen LogP contribution in [0.4, 0.5) is 5.69 Å². The van der Waals surface area contributed by atoms with E-state index < -0.39 is 0 Å². The number of amides is 1. The summed E-state index contributed by atoms with van der Waals surface area (Å²) in [5.74, 6) is -0.221. The molecule has 1 N–H and O–H groups in total. The molecule has 1 heterocycles. The molecular formula is C10H11NO2. The fourth-order valence-corrected chi connectivity index (χ4v) is 1.70. The molecule has 0 spiro atoms. The number of anilines is 1. The average Bonchev–Trinajstić information content (AvgIpc) is 2.12. The van der Waals surface area contributed by atoms with Crippen molar-refractivity contribution in [2.24, 2.45) is 0 Å². The Bertz CT molecular complexity index is 360. The zero-order chi connectivity index (χ0) is 9.42. The van der Waals surface area contributed by atoms with Gasteiger partial charge in [0.15, 0.2) is 0 Å². The molecule has 0 atom stereocenters. The molecule has 1 aliphatic heterocycles. The van der Waals surface area contributed by atoms with E-state index in [2.05, 4.69) is 0 Å². The van der Waals surface area contributed by atoms with Gasteiger partial charge in [-0.1, -0.05) is 18.2 Å². The molecule has 1 aliphatic rings. The number of benzene rings is 1. The summed E-state index contributed by atoms with van der Waals surface area (Å²) >= 11 is 0. The fraction of sp³-hybridized carbons (Fsp3) is 0.300. The van der Waals surface area contributed by atoms with Crippen molar-refractivity contribution in [1.82, 2.24) is 0 Å². The van der Waals surface area contributed by atoms with Gasteiger partial charge in [0, 0.05) is 6.42 Å². The summed E-state index contributed by atoms with van der Waals surface area (Å²) in [5.41, 5.74) is 2.65. The predicted octanol–water partition coefficient (Wildman–Crippen LogP) is 1.66. The van der Waals surface area contributed by atoms with Gasteiger partial charge in [-0.25, -0.2) is 0 Å². The molecule has 3 heteroatoms. The third-order valence-electron chi connectivity index (χ3n) is 2.38. The first-order valence-corrected chi connectivity index (χ1v) is 4.30. The molecule has 0 saturated heterocycles. The minimum absolute atomic E-state index is 0.221. The fourth-order valence-electron chi connectivity index (χ4n) is 1.70. The van der Waals surface area contributed by atoms with Crippen LogP contribution in [0.3, 0.4) is 0 Å². The number of carbonyl (C=O) groups excluding carboxylic acids is 1. The first-order chi connectivity index (χ1) is 6.20. The lowest BCUT2D eigenvalue weighted by Gasteiger charge is -2.24. The summed E-state index contributed by atoms with van der Waals surface area (Å²) in [6.45, 7) is 1.89. The molecule has 0 saturated carbocycles. The van der Waals surface area contributed by atoms with Crippen LogP contribution in [-0.4, -0.2) is 11.1 Å². The van der Waals surface area contributed by atoms with Gasteiger partial charge >= 0.3 is 0 Å². The second kappa shape index (κ2) is 2.85. The smallest absolute Gasteiger partial charge is 0.251 e. The molecule has 1 aromatic rings. The number of hydrogen-bond donors (Lipinski definition) is 1. The highest BCUT2D eigenvalue weighted by Gasteiger charge is 2.23. The van der Waals surface area contributed by atoms with Crippen LogP contribution < -0.4 is 5.06 Å². The van der Waals surface area contributed by atoms with Crippen LogP contribution in [0, 0.1) is 6.92 Å². The van der Waals surface area contributed by atoms with Crippen LogP contribution in [0.5, 0.6) is 0 Å². The van der Waals surface area contributed by atoms with Crippen molar-refractivity contribution in [3.63, 3.8) is 0 Å². The van der Waals surface area contributed by atoms with Crippen molar-refractivity contribution in [3.8, 4) is 0 Å². The Morgan fingerprint density at radius 3 is 2.92 bits per heavy atom. The maximum Gasteiger partial charge on any atom is 0.251 e. The van der Waals surface area contributed by atoms with Gasteiger partial charge in [-0.3, -0.25) is 10.0 Å². The molecule has 13 heavy (non-hydrogen) atoms. The van der Waals surface area contributed by atoms with Crippen LogP contribution in [0.15, 0.2) is 18.2 Å². The second-order valence-electron chi connectivity index (χ2n) is 3.29. The summed E-state index contributed by atoms with van der Waals surface area (Å²) in [4.78, 5) is 11.2. The predicted molar refractivity (Wildman–Crippen MR) is 48.8 cm³/mol. The van der Waals surface area contributed by atoms with Gasteiger partial charge in [0.1, 0.15) is 0 Å². The van der Waals surface area contributed by atoms with E-state index in [0.717, 1.165) is 22.6 Å². The third-order valence-corrected chi connectivity index (χ3v) is 2.38. The molecule has 2 rings (SSSR count). The lowest BCUT2D eigenvalue weighted by Crippen LogP contribution is -2.32. The number of carbonyl (C=O) groups is 1. The minimum Gasteiger partial charge on any atom is -0.281 e. The van der Waals surface area contributed by atoms with E-state index in [-0.39, 0.29) is 5.91 Å². The molecule has 0 fully saturated rings. The Labute approximate surface area is 76.6 Å². The van der Waals surface area contributed by atoms with Gasteiger partial charge in [0.2, 0.25) is 0 Å². The summed E-state index contributed by atoms with van der Waals surface area (Å²) in [5, 5.41) is 10.3. The van der Waals surface area contributed by atoms with Crippen molar-refractivity contribution in [2.45, 2.75) is 19.8 Å². The van der Waals surface area contributed by atoms with Crippen LogP contribution >= 0.6 is 0 Å². The van der Waals surface area contributed by atoms with Crippen LogP contribution in [0.25, 0.3) is 0 Å². The van der Waals surface area contributed by atoms with Gasteiger partial charge in [-0.15, -0.1) is 0 Å². The zero-order valence-electron chi connectivity index (χ0n) is 7.45. The summed E-state index contributed by atoms with van der Waals surface area (Å²) < 4.78 is 0. The van der Waals surface area contributed by atoms with Crippen molar-refractivity contribution in [2.75, 3.05) is 5.06 Å². The number of aryl methyl sites for hydroxylation is 2.